The maximum Gasteiger partial charge on any atom is 0.410 e. The molecule has 4 aromatic carbocycles. The Kier molecular flexibility index (Phi) is 16.4. The van der Waals surface area contributed by atoms with Crippen LogP contribution in [0.5, 0.6) is 0 Å². The summed E-state index contributed by atoms with van der Waals surface area (Å²) in [6.07, 6.45) is 4.52. The van der Waals surface area contributed by atoms with E-state index in [4.69, 9.17) is 27.9 Å². The summed E-state index contributed by atoms with van der Waals surface area (Å²) >= 11 is 12.6. The highest BCUT2D eigenvalue weighted by Crippen LogP contribution is 2.37. The topological polar surface area (TPSA) is 195 Å². The minimum absolute atomic E-state index is 0. The van der Waals surface area contributed by atoms with Crippen molar-refractivity contribution in [2.75, 3.05) is 35.6 Å². The summed E-state index contributed by atoms with van der Waals surface area (Å²) in [6, 6.07) is 23.8. The van der Waals surface area contributed by atoms with Crippen molar-refractivity contribution in [1.29, 1.82) is 0 Å². The maximum absolute atomic E-state index is 13.3. The van der Waals surface area contributed by atoms with E-state index in [0.717, 1.165) is 30.6 Å². The van der Waals surface area contributed by atoms with Gasteiger partial charge in [-0.25, -0.2) is 21.6 Å². The minimum atomic E-state index is -3.89. The number of ether oxygens (including phenoxy) is 1. The number of nitrogens with one attached hydrogen (secondary N) is 3. The Morgan fingerprint density at radius 3 is 1.50 bits per heavy atom. The smallest absolute Gasteiger partial charge is 0.410 e. The Morgan fingerprint density at radius 2 is 1.10 bits per heavy atom. The van der Waals surface area contributed by atoms with Crippen LogP contribution in [-0.4, -0.2) is 89.1 Å². The number of rotatable bonds is 10. The van der Waals surface area contributed by atoms with Gasteiger partial charge in [0.05, 0.1) is 33.2 Å². The summed E-state index contributed by atoms with van der Waals surface area (Å²) in [5.74, 6) is 1.03. The highest BCUT2D eigenvalue weighted by atomic mass is 35.5. The Bertz CT molecular complexity index is 3010. The summed E-state index contributed by atoms with van der Waals surface area (Å²) in [5.41, 5.74) is 3.17. The van der Waals surface area contributed by atoms with E-state index >= 15 is 0 Å². The fourth-order valence-electron chi connectivity index (χ4n) is 8.00. The number of sulfonamides is 2. The molecule has 2 atom stereocenters. The Morgan fingerprint density at radius 1 is 0.657 bits per heavy atom. The van der Waals surface area contributed by atoms with Gasteiger partial charge in [-0.1, -0.05) is 89.0 Å². The van der Waals surface area contributed by atoms with Crippen LogP contribution >= 0.6 is 35.6 Å². The van der Waals surface area contributed by atoms with Crippen molar-refractivity contribution in [2.24, 2.45) is 0 Å². The van der Waals surface area contributed by atoms with Gasteiger partial charge in [-0.3, -0.25) is 9.44 Å². The van der Waals surface area contributed by atoms with Gasteiger partial charge in [0, 0.05) is 40.8 Å². The first-order valence-electron chi connectivity index (χ1n) is 22.6. The number of anilines is 2. The standard InChI is InChI=1S/C27H34ClN5O4S.C22H26ClN5O2S.ClH/c1-26(2,3)18-7-10-21(11-8-18)38(35,36)31-23-12-9-19(28)15-22(23)24-30-29-17-33(24)20-13-14-32(16-20)25(34)37-27(4,5)6;1-22(2,3)15-4-7-18(8-5-15)31(29,30)27-20-9-6-16(23)12-19(20)21-26-25-14-28(21)17-10-11-24-13-17;/h7-12,15,17,20,31H,13-14,16H2,1-6H3;4-9,12,14,17,24,27H,10-11,13H2,1-3H3;1H. The lowest BCUT2D eigenvalue weighted by atomic mass is 9.87. The predicted molar refractivity (Wildman–Crippen MR) is 278 cm³/mol. The van der Waals surface area contributed by atoms with Crippen LogP contribution in [0.1, 0.15) is 98.4 Å². The molecule has 0 saturated carbocycles. The molecule has 0 spiro atoms. The van der Waals surface area contributed by atoms with Gasteiger partial charge in [0.25, 0.3) is 20.0 Å². The molecule has 8 rings (SSSR count). The molecule has 376 valence electrons. The van der Waals surface area contributed by atoms with Crippen molar-refractivity contribution in [3.63, 3.8) is 0 Å². The molecule has 2 fully saturated rings. The SMILES string of the molecule is CC(C)(C)OC(=O)N1CCC(n2cnnc2-c2cc(Cl)ccc2NS(=O)(=O)c2ccc(C(C)(C)C)cc2)C1.CC(C)(C)c1ccc(S(=O)(=O)Nc2ccc(Cl)cc2-c2nncn2C2CCNC2)cc1.Cl. The Hall–Kier alpha value is -5.24. The van der Waals surface area contributed by atoms with Crippen LogP contribution in [0.3, 0.4) is 0 Å². The molecule has 2 unspecified atom stereocenters. The van der Waals surface area contributed by atoms with Crippen LogP contribution in [0.4, 0.5) is 16.2 Å². The van der Waals surface area contributed by atoms with E-state index in [-0.39, 0.29) is 51.2 Å². The highest BCUT2D eigenvalue weighted by Gasteiger charge is 2.33. The van der Waals surface area contributed by atoms with Gasteiger partial charge in [0.15, 0.2) is 11.6 Å². The zero-order chi connectivity index (χ0) is 50.1. The minimum Gasteiger partial charge on any atom is -0.444 e. The third kappa shape index (κ3) is 13.0. The van der Waals surface area contributed by atoms with Crippen molar-refractivity contribution in [2.45, 2.75) is 113 Å². The molecule has 2 aliphatic rings. The number of halogens is 3. The number of amides is 1. The van der Waals surface area contributed by atoms with Crippen molar-refractivity contribution in [3.05, 3.63) is 119 Å². The van der Waals surface area contributed by atoms with Crippen molar-refractivity contribution < 1.29 is 26.4 Å². The summed E-state index contributed by atoms with van der Waals surface area (Å²) in [5, 5.41) is 21.0. The molecule has 6 aromatic rings. The average molecular weight is 1060 g/mol. The predicted octanol–water partition coefficient (Wildman–Crippen LogP) is 10.5. The molecule has 21 heteroatoms. The van der Waals surface area contributed by atoms with Crippen molar-refractivity contribution in [1.82, 2.24) is 39.7 Å². The number of hydrogen-bond donors (Lipinski definition) is 3. The van der Waals surface area contributed by atoms with E-state index in [2.05, 4.69) is 76.7 Å². The number of carbonyl (C=O) groups excluding carboxylic acids is 1. The van der Waals surface area contributed by atoms with Gasteiger partial charge < -0.3 is 24.1 Å². The highest BCUT2D eigenvalue weighted by molar-refractivity contribution is 7.93. The molecule has 0 radical (unpaired) electrons. The molecule has 1 amide bonds. The van der Waals surface area contributed by atoms with Crippen LogP contribution in [0, 0.1) is 0 Å². The first-order chi connectivity index (χ1) is 32.3. The molecule has 0 aliphatic carbocycles. The molecule has 2 saturated heterocycles. The van der Waals surface area contributed by atoms with Gasteiger partial charge in [-0.15, -0.1) is 32.8 Å². The second-order valence-corrected chi connectivity index (χ2v) is 24.5. The van der Waals surface area contributed by atoms with Crippen molar-refractivity contribution in [3.8, 4) is 22.8 Å². The van der Waals surface area contributed by atoms with Crippen LogP contribution in [-0.2, 0) is 35.6 Å². The third-order valence-corrected chi connectivity index (χ3v) is 15.0. The van der Waals surface area contributed by atoms with Gasteiger partial charge in [0.2, 0.25) is 0 Å². The third-order valence-electron chi connectivity index (χ3n) is 11.8. The van der Waals surface area contributed by atoms with E-state index in [1.54, 1.807) is 78.2 Å². The van der Waals surface area contributed by atoms with Gasteiger partial charge in [-0.2, -0.15) is 0 Å². The zero-order valence-electron chi connectivity index (χ0n) is 40.7. The lowest BCUT2D eigenvalue weighted by Gasteiger charge is -2.24. The molecular formula is C49H61Cl3N10O6S2. The largest absolute Gasteiger partial charge is 0.444 e. The number of benzene rings is 4. The van der Waals surface area contributed by atoms with Gasteiger partial charge in [-0.05, 0) is 123 Å². The molecular weight excluding hydrogens is 995 g/mol. The number of nitrogens with zero attached hydrogens (tertiary/aromatic N) is 7. The fourth-order valence-corrected chi connectivity index (χ4v) is 10.5. The molecule has 2 aliphatic heterocycles. The quantitative estimate of drug-likeness (QED) is 0.118. The summed E-state index contributed by atoms with van der Waals surface area (Å²) in [4.78, 5) is 14.6. The van der Waals surface area contributed by atoms with E-state index in [1.165, 1.54) is 0 Å². The lowest BCUT2D eigenvalue weighted by Crippen LogP contribution is -2.35. The molecule has 2 aromatic heterocycles. The van der Waals surface area contributed by atoms with E-state index < -0.39 is 25.6 Å². The zero-order valence-corrected chi connectivity index (χ0v) is 44.7. The number of likely N-dealkylation sites (tertiary alicyclic amines) is 1. The molecule has 16 nitrogen and oxygen atoms in total. The first kappa shape index (κ1) is 54.1. The molecule has 70 heavy (non-hydrogen) atoms. The Balaban J connectivity index is 0.000000231. The fraction of sp³-hybridized carbons (Fsp3) is 0.408. The number of aromatic nitrogens is 6. The van der Waals surface area contributed by atoms with Crippen LogP contribution in [0.25, 0.3) is 22.8 Å². The maximum atomic E-state index is 13.3. The molecule has 4 heterocycles. The average Bonchev–Trinajstić information content (AvgIpc) is 4.12. The molecule has 3 N–H and O–H groups in total. The number of carbonyl (C=O) groups is 1. The molecule has 0 bridgehead atoms. The lowest BCUT2D eigenvalue weighted by molar-refractivity contribution is 0.0289. The second kappa shape index (κ2) is 21.2. The van der Waals surface area contributed by atoms with Crippen LogP contribution in [0.2, 0.25) is 10.0 Å². The van der Waals surface area contributed by atoms with E-state index in [9.17, 15) is 21.6 Å². The van der Waals surface area contributed by atoms with E-state index in [1.807, 2.05) is 54.2 Å². The normalized spacial score (nSPS) is 16.5. The van der Waals surface area contributed by atoms with E-state index in [0.29, 0.717) is 63.7 Å². The summed E-state index contributed by atoms with van der Waals surface area (Å²) in [7, 11) is -7.69. The van der Waals surface area contributed by atoms with Crippen LogP contribution in [0.15, 0.2) is 107 Å². The first-order valence-corrected chi connectivity index (χ1v) is 26.4. The second-order valence-electron chi connectivity index (χ2n) is 20.3. The van der Waals surface area contributed by atoms with Crippen molar-refractivity contribution >= 4 is 73.1 Å². The monoisotopic (exact) mass is 1050 g/mol. The Labute approximate surface area is 427 Å². The van der Waals surface area contributed by atoms with Gasteiger partial charge in [0.1, 0.15) is 18.3 Å². The van der Waals surface area contributed by atoms with Gasteiger partial charge >= 0.3 is 6.09 Å². The summed E-state index contributed by atoms with van der Waals surface area (Å²) < 4.78 is 67.6. The van der Waals surface area contributed by atoms with Crippen LogP contribution < -0.4 is 14.8 Å². The summed E-state index contributed by atoms with van der Waals surface area (Å²) in [6.45, 7) is 20.6. The number of hydrogen-bond acceptors (Lipinski definition) is 11.